The molecule has 3 atom stereocenters. The number of anilines is 1. The molecule has 2 saturated carbocycles. The number of hydrogen-bond acceptors (Lipinski definition) is 2. The minimum atomic E-state index is -2.85. The highest BCUT2D eigenvalue weighted by molar-refractivity contribution is 5.96. The molecular weight excluding hydrogens is 310 g/mol. The summed E-state index contributed by atoms with van der Waals surface area (Å²) >= 11 is 0. The molecule has 1 aromatic heterocycles. The van der Waals surface area contributed by atoms with Gasteiger partial charge in [-0.25, -0.2) is 8.78 Å². The number of pyridine rings is 1. The molecule has 0 saturated heterocycles. The molecule has 1 N–H and O–H groups in total. The number of hydrogen-bond donors (Lipinski definition) is 1. The van der Waals surface area contributed by atoms with Crippen molar-refractivity contribution in [1.29, 1.82) is 0 Å². The normalized spacial score (nSPS) is 26.7. The van der Waals surface area contributed by atoms with Crippen LogP contribution in [0.25, 0.3) is 11.3 Å². The van der Waals surface area contributed by atoms with Crippen molar-refractivity contribution in [1.82, 2.24) is 4.98 Å². The van der Waals surface area contributed by atoms with E-state index < -0.39 is 17.7 Å². The zero-order chi connectivity index (χ0) is 16.9. The predicted octanol–water partition coefficient (Wildman–Crippen LogP) is 4.47. The molecule has 2 aliphatic carbocycles. The van der Waals surface area contributed by atoms with E-state index in [1.54, 1.807) is 12.3 Å². The second-order valence-electron chi connectivity index (χ2n) is 6.84. The minimum Gasteiger partial charge on any atom is -0.326 e. The van der Waals surface area contributed by atoms with Gasteiger partial charge in [-0.1, -0.05) is 19.1 Å². The number of alkyl halides is 2. The summed E-state index contributed by atoms with van der Waals surface area (Å²) in [7, 11) is 0. The third-order valence-electron chi connectivity index (χ3n) is 4.91. The van der Waals surface area contributed by atoms with Crippen molar-refractivity contribution in [2.45, 2.75) is 31.6 Å². The average molecular weight is 328 g/mol. The number of halogens is 2. The lowest BCUT2D eigenvalue weighted by atomic mass is 9.98. The number of nitrogens with zero attached hydrogens (tertiary/aromatic N) is 1. The molecule has 0 spiro atoms. The standard InChI is InChI=1S/C19H18F2N2O/c1-11-8-14(11)13-6-5-12(23-18(24)16-10-19(16,20)21)9-15(13)17-4-2-3-7-22-17/h2-7,9,11,14,16H,8,10H2,1H3,(H,23,24)/t11?,14-,16-/m0/s1. The third-order valence-corrected chi connectivity index (χ3v) is 4.91. The summed E-state index contributed by atoms with van der Waals surface area (Å²) < 4.78 is 26.1. The largest absolute Gasteiger partial charge is 0.326 e. The number of nitrogens with one attached hydrogen (secondary N) is 1. The van der Waals surface area contributed by atoms with Gasteiger partial charge in [0.05, 0.1) is 5.69 Å². The summed E-state index contributed by atoms with van der Waals surface area (Å²) in [5.74, 6) is -3.52. The smallest absolute Gasteiger partial charge is 0.260 e. The van der Waals surface area contributed by atoms with Crippen LogP contribution in [0.2, 0.25) is 0 Å². The maximum Gasteiger partial charge on any atom is 0.260 e. The number of rotatable bonds is 4. The monoisotopic (exact) mass is 328 g/mol. The first kappa shape index (κ1) is 15.2. The highest BCUT2D eigenvalue weighted by atomic mass is 19.3. The van der Waals surface area contributed by atoms with Crippen LogP contribution in [-0.2, 0) is 4.79 Å². The highest BCUT2D eigenvalue weighted by Crippen LogP contribution is 2.51. The van der Waals surface area contributed by atoms with Crippen LogP contribution < -0.4 is 5.32 Å². The van der Waals surface area contributed by atoms with Crippen LogP contribution in [0.5, 0.6) is 0 Å². The van der Waals surface area contributed by atoms with Gasteiger partial charge in [0, 0.05) is 23.9 Å². The molecule has 124 valence electrons. The molecule has 5 heteroatoms. The van der Waals surface area contributed by atoms with E-state index in [0.29, 0.717) is 17.5 Å². The van der Waals surface area contributed by atoms with Crippen LogP contribution in [0.3, 0.4) is 0 Å². The van der Waals surface area contributed by atoms with Crippen molar-refractivity contribution in [3.8, 4) is 11.3 Å². The number of amides is 1. The SMILES string of the molecule is CC1C[C@@H]1c1ccc(NC(=O)[C@@H]2CC2(F)F)cc1-c1ccccn1. The van der Waals surface area contributed by atoms with Crippen LogP contribution in [0, 0.1) is 11.8 Å². The maximum atomic E-state index is 13.0. The molecule has 0 radical (unpaired) electrons. The lowest BCUT2D eigenvalue weighted by Gasteiger charge is -2.12. The van der Waals surface area contributed by atoms with Gasteiger partial charge in [-0.15, -0.1) is 0 Å². The Kier molecular flexibility index (Phi) is 3.41. The fourth-order valence-electron chi connectivity index (χ4n) is 3.18. The van der Waals surface area contributed by atoms with Gasteiger partial charge in [-0.05, 0) is 48.1 Å². The predicted molar refractivity (Wildman–Crippen MR) is 87.9 cm³/mol. The minimum absolute atomic E-state index is 0.358. The first-order chi connectivity index (χ1) is 11.5. The van der Waals surface area contributed by atoms with Crippen molar-refractivity contribution in [3.63, 3.8) is 0 Å². The molecule has 3 nitrogen and oxygen atoms in total. The lowest BCUT2D eigenvalue weighted by Crippen LogP contribution is -2.17. The molecule has 1 unspecified atom stereocenters. The van der Waals surface area contributed by atoms with Crippen LogP contribution in [0.1, 0.15) is 31.2 Å². The average Bonchev–Trinajstić information content (AvgIpc) is 3.45. The van der Waals surface area contributed by atoms with Gasteiger partial charge in [-0.3, -0.25) is 9.78 Å². The fraction of sp³-hybridized carbons (Fsp3) is 0.368. The molecule has 4 rings (SSSR count). The van der Waals surface area contributed by atoms with E-state index in [1.807, 2.05) is 30.3 Å². The van der Waals surface area contributed by atoms with Gasteiger partial charge in [0.15, 0.2) is 0 Å². The van der Waals surface area contributed by atoms with Crippen LogP contribution in [0.4, 0.5) is 14.5 Å². The zero-order valence-electron chi connectivity index (χ0n) is 13.3. The topological polar surface area (TPSA) is 42.0 Å². The fourth-order valence-corrected chi connectivity index (χ4v) is 3.18. The number of benzene rings is 1. The molecule has 2 aromatic rings. The van der Waals surface area contributed by atoms with Gasteiger partial charge >= 0.3 is 0 Å². The Morgan fingerprint density at radius 3 is 2.62 bits per heavy atom. The molecule has 1 amide bonds. The van der Waals surface area contributed by atoms with Crippen LogP contribution in [-0.4, -0.2) is 16.8 Å². The Morgan fingerprint density at radius 1 is 1.29 bits per heavy atom. The van der Waals surface area contributed by atoms with E-state index in [-0.39, 0.29) is 6.42 Å². The summed E-state index contributed by atoms with van der Waals surface area (Å²) in [6.07, 6.45) is 2.51. The first-order valence-corrected chi connectivity index (χ1v) is 8.20. The molecule has 1 heterocycles. The molecule has 0 bridgehead atoms. The van der Waals surface area contributed by atoms with Crippen LogP contribution in [0.15, 0.2) is 42.6 Å². The van der Waals surface area contributed by atoms with Crippen molar-refractivity contribution in [2.75, 3.05) is 5.32 Å². The van der Waals surface area contributed by atoms with Gasteiger partial charge in [0.25, 0.3) is 5.92 Å². The van der Waals surface area contributed by atoms with E-state index in [4.69, 9.17) is 0 Å². The number of carbonyl (C=O) groups excluding carboxylic acids is 1. The van der Waals surface area contributed by atoms with E-state index >= 15 is 0 Å². The maximum absolute atomic E-state index is 13.0. The zero-order valence-corrected chi connectivity index (χ0v) is 13.3. The van der Waals surface area contributed by atoms with Crippen molar-refractivity contribution < 1.29 is 13.6 Å². The molecule has 2 aliphatic rings. The van der Waals surface area contributed by atoms with Crippen molar-refractivity contribution >= 4 is 11.6 Å². The molecule has 0 aliphatic heterocycles. The van der Waals surface area contributed by atoms with Gasteiger partial charge in [0.1, 0.15) is 5.92 Å². The molecular formula is C19H18F2N2O. The number of aromatic nitrogens is 1. The Morgan fingerprint density at radius 2 is 2.04 bits per heavy atom. The molecule has 1 aromatic carbocycles. The Labute approximate surface area is 139 Å². The van der Waals surface area contributed by atoms with Crippen LogP contribution >= 0.6 is 0 Å². The third kappa shape index (κ3) is 2.79. The Bertz CT molecular complexity index is 791. The van der Waals surface area contributed by atoms with E-state index in [1.165, 1.54) is 5.56 Å². The van der Waals surface area contributed by atoms with E-state index in [0.717, 1.165) is 17.7 Å². The van der Waals surface area contributed by atoms with Gasteiger partial charge in [0.2, 0.25) is 5.91 Å². The first-order valence-electron chi connectivity index (χ1n) is 8.20. The van der Waals surface area contributed by atoms with Gasteiger partial charge in [-0.2, -0.15) is 0 Å². The van der Waals surface area contributed by atoms with Crippen molar-refractivity contribution in [3.05, 3.63) is 48.2 Å². The Hall–Kier alpha value is -2.30. The summed E-state index contributed by atoms with van der Waals surface area (Å²) in [4.78, 5) is 16.3. The summed E-state index contributed by atoms with van der Waals surface area (Å²) in [5.41, 5.74) is 3.54. The number of carbonyl (C=O) groups is 1. The van der Waals surface area contributed by atoms with Crippen molar-refractivity contribution in [2.24, 2.45) is 11.8 Å². The summed E-state index contributed by atoms with van der Waals surface area (Å²) in [5, 5.41) is 2.62. The molecule has 2 fully saturated rings. The second-order valence-corrected chi connectivity index (χ2v) is 6.84. The lowest BCUT2D eigenvalue weighted by molar-refractivity contribution is -0.119. The molecule has 24 heavy (non-hydrogen) atoms. The quantitative estimate of drug-likeness (QED) is 0.900. The van der Waals surface area contributed by atoms with Gasteiger partial charge < -0.3 is 5.32 Å². The second kappa shape index (κ2) is 5.36. The highest BCUT2D eigenvalue weighted by Gasteiger charge is 2.61. The summed E-state index contributed by atoms with van der Waals surface area (Å²) in [6.45, 7) is 2.21. The van der Waals surface area contributed by atoms with E-state index in [9.17, 15) is 13.6 Å². The Balaban J connectivity index is 1.64. The van der Waals surface area contributed by atoms with E-state index in [2.05, 4.69) is 17.2 Å². The summed E-state index contributed by atoms with van der Waals surface area (Å²) in [6, 6.07) is 11.3.